The molecule has 34 heavy (non-hydrogen) atoms. The van der Waals surface area contributed by atoms with E-state index in [2.05, 4.69) is 41.4 Å². The summed E-state index contributed by atoms with van der Waals surface area (Å²) >= 11 is 0. The van der Waals surface area contributed by atoms with E-state index in [1.807, 2.05) is 24.3 Å². The first-order valence-corrected chi connectivity index (χ1v) is 12.8. The summed E-state index contributed by atoms with van der Waals surface area (Å²) in [5.74, 6) is 5.96. The molecule has 3 aromatic carbocycles. The van der Waals surface area contributed by atoms with Crippen LogP contribution in [0.5, 0.6) is 0 Å². The zero-order valence-electron chi connectivity index (χ0n) is 19.2. The van der Waals surface area contributed by atoms with Crippen molar-refractivity contribution < 1.29 is 17.9 Å². The Labute approximate surface area is 201 Å². The smallest absolute Gasteiger partial charge is 0.407 e. The third-order valence-corrected chi connectivity index (χ3v) is 8.03. The summed E-state index contributed by atoms with van der Waals surface area (Å²) in [5, 5.41) is 2.24. The third-order valence-electron chi connectivity index (χ3n) is 5.88. The Morgan fingerprint density at radius 2 is 1.62 bits per heavy atom. The second kappa shape index (κ2) is 10.1. The van der Waals surface area contributed by atoms with Crippen LogP contribution in [-0.2, 0) is 14.6 Å². The average molecular weight is 474 g/mol. The first-order chi connectivity index (χ1) is 16.4. The van der Waals surface area contributed by atoms with Crippen LogP contribution in [0.2, 0.25) is 0 Å². The van der Waals surface area contributed by atoms with Gasteiger partial charge in [-0.2, -0.15) is 0 Å². The van der Waals surface area contributed by atoms with E-state index in [-0.39, 0.29) is 17.4 Å². The molecule has 174 valence electrons. The third kappa shape index (κ3) is 5.00. The molecular formula is C28H27NO4S. The molecule has 1 aliphatic carbocycles. The molecule has 0 saturated carbocycles. The maximum absolute atomic E-state index is 12.3. The van der Waals surface area contributed by atoms with Crippen molar-refractivity contribution in [3.63, 3.8) is 0 Å². The van der Waals surface area contributed by atoms with Crippen LogP contribution in [0.15, 0.2) is 77.7 Å². The predicted molar refractivity (Wildman–Crippen MR) is 133 cm³/mol. The second-order valence-corrected chi connectivity index (χ2v) is 10.9. The van der Waals surface area contributed by atoms with E-state index in [1.165, 1.54) is 22.3 Å². The van der Waals surface area contributed by atoms with Gasteiger partial charge in [0.25, 0.3) is 0 Å². The second-order valence-electron chi connectivity index (χ2n) is 8.43. The minimum Gasteiger partial charge on any atom is -0.449 e. The van der Waals surface area contributed by atoms with Crippen molar-refractivity contribution in [2.24, 2.45) is 0 Å². The van der Waals surface area contributed by atoms with Crippen molar-refractivity contribution in [3.05, 3.63) is 89.5 Å². The molecule has 0 atom stereocenters. The number of hydrogen-bond acceptors (Lipinski definition) is 4. The zero-order chi connectivity index (χ0) is 24.1. The normalized spacial score (nSPS) is 12.4. The topological polar surface area (TPSA) is 72.5 Å². The quantitative estimate of drug-likeness (QED) is 0.397. The molecule has 0 fully saturated rings. The van der Waals surface area contributed by atoms with Crippen molar-refractivity contribution in [1.82, 2.24) is 5.32 Å². The van der Waals surface area contributed by atoms with Crippen LogP contribution in [-0.4, -0.2) is 32.9 Å². The fraction of sp³-hybridized carbons (Fsp3) is 0.250. The fourth-order valence-corrected chi connectivity index (χ4v) is 5.17. The number of alkyl carbamates (subject to hydrolysis) is 1. The molecule has 1 aliphatic rings. The number of sulfone groups is 1. The molecular weight excluding hydrogens is 446 g/mol. The molecule has 0 aliphatic heterocycles. The van der Waals surface area contributed by atoms with Gasteiger partial charge in [0.15, 0.2) is 9.84 Å². The molecule has 3 aromatic rings. The number of amides is 1. The first-order valence-electron chi connectivity index (χ1n) is 11.3. The van der Waals surface area contributed by atoms with E-state index in [0.717, 1.165) is 0 Å². The van der Waals surface area contributed by atoms with Gasteiger partial charge < -0.3 is 10.1 Å². The average Bonchev–Trinajstić information content (AvgIpc) is 3.16. The molecule has 0 heterocycles. The Balaban J connectivity index is 1.29. The van der Waals surface area contributed by atoms with Gasteiger partial charge in [-0.15, -0.1) is 0 Å². The maximum atomic E-state index is 12.3. The summed E-state index contributed by atoms with van der Waals surface area (Å²) in [7, 11) is -3.34. The summed E-state index contributed by atoms with van der Waals surface area (Å²) in [6.07, 6.45) is -0.0561. The lowest BCUT2D eigenvalue weighted by atomic mass is 9.98. The van der Waals surface area contributed by atoms with Crippen LogP contribution in [0.25, 0.3) is 11.1 Å². The first kappa shape index (κ1) is 23.6. The summed E-state index contributed by atoms with van der Waals surface area (Å²) in [5.41, 5.74) is 5.34. The van der Waals surface area contributed by atoms with Gasteiger partial charge in [-0.1, -0.05) is 66.4 Å². The van der Waals surface area contributed by atoms with Gasteiger partial charge in [0.2, 0.25) is 0 Å². The molecule has 4 rings (SSSR count). The van der Waals surface area contributed by atoms with E-state index in [0.29, 0.717) is 18.5 Å². The predicted octanol–water partition coefficient (Wildman–Crippen LogP) is 5.15. The number of carbonyl (C=O) groups excluding carboxylic acids is 1. The Kier molecular flexibility index (Phi) is 7.04. The summed E-state index contributed by atoms with van der Waals surface area (Å²) in [6.45, 7) is 3.92. The molecule has 0 unspecified atom stereocenters. The van der Waals surface area contributed by atoms with Crippen molar-refractivity contribution in [3.8, 4) is 23.0 Å². The summed E-state index contributed by atoms with van der Waals surface area (Å²) in [4.78, 5) is 12.5. The minimum absolute atomic E-state index is 0.0207. The van der Waals surface area contributed by atoms with Gasteiger partial charge in [0.1, 0.15) is 6.61 Å². The molecule has 6 heteroatoms. The van der Waals surface area contributed by atoms with Gasteiger partial charge in [0.05, 0.1) is 10.1 Å². The zero-order valence-corrected chi connectivity index (χ0v) is 20.1. The number of hydrogen-bond donors (Lipinski definition) is 1. The molecule has 0 spiro atoms. The van der Waals surface area contributed by atoms with E-state index >= 15 is 0 Å². The number of rotatable bonds is 6. The molecule has 0 bridgehead atoms. The highest BCUT2D eigenvalue weighted by atomic mass is 32.2. The molecule has 5 nitrogen and oxygen atoms in total. The highest BCUT2D eigenvalue weighted by Gasteiger charge is 2.28. The number of nitrogens with one attached hydrogen (secondary N) is 1. The lowest BCUT2D eigenvalue weighted by molar-refractivity contribution is 0.143. The largest absolute Gasteiger partial charge is 0.449 e. The van der Waals surface area contributed by atoms with Crippen LogP contribution in [0.4, 0.5) is 4.79 Å². The fourth-order valence-electron chi connectivity index (χ4n) is 4.06. The van der Waals surface area contributed by atoms with Crippen molar-refractivity contribution in [2.75, 3.05) is 13.2 Å². The van der Waals surface area contributed by atoms with Gasteiger partial charge in [-0.25, -0.2) is 13.2 Å². The lowest BCUT2D eigenvalue weighted by Crippen LogP contribution is -2.26. The highest BCUT2D eigenvalue weighted by molar-refractivity contribution is 7.92. The Hall–Kier alpha value is -3.56. The van der Waals surface area contributed by atoms with Gasteiger partial charge in [-0.05, 0) is 54.3 Å². The lowest BCUT2D eigenvalue weighted by Gasteiger charge is -2.14. The molecule has 1 amide bonds. The van der Waals surface area contributed by atoms with Crippen LogP contribution < -0.4 is 5.32 Å². The number of fused-ring (bicyclic) bond motifs is 3. The highest BCUT2D eigenvalue weighted by Crippen LogP contribution is 2.44. The van der Waals surface area contributed by atoms with E-state index < -0.39 is 21.2 Å². The number of ether oxygens (including phenoxy) is 1. The number of benzene rings is 3. The van der Waals surface area contributed by atoms with E-state index in [4.69, 9.17) is 4.74 Å². The maximum Gasteiger partial charge on any atom is 0.407 e. The van der Waals surface area contributed by atoms with Gasteiger partial charge in [0, 0.05) is 24.4 Å². The Bertz CT molecular complexity index is 1320. The van der Waals surface area contributed by atoms with Crippen LogP contribution in [0, 0.1) is 11.8 Å². The molecule has 1 N–H and O–H groups in total. The van der Waals surface area contributed by atoms with Crippen molar-refractivity contribution in [1.29, 1.82) is 0 Å². The monoisotopic (exact) mass is 473 g/mol. The Morgan fingerprint density at radius 1 is 0.971 bits per heavy atom. The summed E-state index contributed by atoms with van der Waals surface area (Å²) in [6, 6.07) is 23.0. The minimum atomic E-state index is -3.34. The molecule has 0 aromatic heterocycles. The SMILES string of the molecule is CC(C)S(=O)(=O)c1cccc(C#CCCNC(=O)OCC2c3ccccc3-c3ccccc32)c1. The number of carbonyl (C=O) groups is 1. The van der Waals surface area contributed by atoms with Gasteiger partial charge >= 0.3 is 6.09 Å². The van der Waals surface area contributed by atoms with Crippen LogP contribution in [0.1, 0.15) is 42.9 Å². The van der Waals surface area contributed by atoms with E-state index in [1.54, 1.807) is 38.1 Å². The van der Waals surface area contributed by atoms with E-state index in [9.17, 15) is 13.2 Å². The van der Waals surface area contributed by atoms with Crippen LogP contribution >= 0.6 is 0 Å². The van der Waals surface area contributed by atoms with Gasteiger partial charge in [-0.3, -0.25) is 0 Å². The molecule has 0 radical (unpaired) electrons. The standard InChI is InChI=1S/C28H27NO4S/c1-20(2)34(31,32)22-12-9-11-21(18-22)10-7-8-17-29-28(30)33-19-27-25-15-5-3-13-23(25)24-14-4-6-16-26(24)27/h3-6,9,11-16,18,20,27H,8,17,19H2,1-2H3,(H,29,30). The van der Waals surface area contributed by atoms with Crippen molar-refractivity contribution in [2.45, 2.75) is 36.3 Å². The molecule has 0 saturated heterocycles. The van der Waals surface area contributed by atoms with Crippen molar-refractivity contribution >= 4 is 15.9 Å². The summed E-state index contributed by atoms with van der Waals surface area (Å²) < 4.78 is 30.2. The Morgan fingerprint density at radius 3 is 2.26 bits per heavy atom. The van der Waals surface area contributed by atoms with Crippen LogP contribution in [0.3, 0.4) is 0 Å².